The first-order valence-electron chi connectivity index (χ1n) is 5.25. The Bertz CT molecular complexity index is 275. The highest BCUT2D eigenvalue weighted by Crippen LogP contribution is 2.16. The largest absolute Gasteiger partial charge is 0.377 e. The Morgan fingerprint density at radius 3 is 2.73 bits per heavy atom. The summed E-state index contributed by atoms with van der Waals surface area (Å²) in [5.74, 6) is 0.133. The van der Waals surface area contributed by atoms with Crippen molar-refractivity contribution in [1.82, 2.24) is 4.31 Å². The van der Waals surface area contributed by atoms with Gasteiger partial charge in [-0.2, -0.15) is 0 Å². The minimum atomic E-state index is -3.14. The Balaban J connectivity index is 2.55. The summed E-state index contributed by atoms with van der Waals surface area (Å²) in [5, 5.41) is 0.672. The summed E-state index contributed by atoms with van der Waals surface area (Å²) in [6.45, 7) is 3.62. The van der Waals surface area contributed by atoms with Gasteiger partial charge in [0.2, 0.25) is 10.0 Å². The number of alkyl halides is 1. The lowest BCUT2D eigenvalue weighted by Crippen LogP contribution is -2.37. The van der Waals surface area contributed by atoms with Crippen LogP contribution in [-0.2, 0) is 14.8 Å². The molecule has 1 aliphatic rings. The molecule has 1 rings (SSSR count). The lowest BCUT2D eigenvalue weighted by molar-refractivity contribution is 0.126. The number of sulfonamides is 1. The van der Waals surface area contributed by atoms with Crippen LogP contribution < -0.4 is 0 Å². The Labute approximate surface area is 100 Å². The molecule has 0 spiro atoms. The maximum Gasteiger partial charge on any atom is 0.216 e. The van der Waals surface area contributed by atoms with Gasteiger partial charge in [0.15, 0.2) is 0 Å². The molecule has 0 saturated carbocycles. The molecule has 1 heterocycles. The summed E-state index contributed by atoms with van der Waals surface area (Å²) >= 11 is 3.26. The van der Waals surface area contributed by atoms with Crippen LogP contribution in [0, 0.1) is 0 Å². The molecular formula is C9H18BrNO3S. The maximum atomic E-state index is 11.9. The summed E-state index contributed by atoms with van der Waals surface area (Å²) in [7, 11) is -3.14. The van der Waals surface area contributed by atoms with Crippen LogP contribution in [0.25, 0.3) is 0 Å². The fourth-order valence-corrected chi connectivity index (χ4v) is 4.07. The minimum absolute atomic E-state index is 0.0978. The van der Waals surface area contributed by atoms with E-state index in [4.69, 9.17) is 4.74 Å². The maximum absolute atomic E-state index is 11.9. The van der Waals surface area contributed by atoms with Crippen LogP contribution in [0.3, 0.4) is 0 Å². The van der Waals surface area contributed by atoms with E-state index < -0.39 is 10.0 Å². The second-order valence-electron chi connectivity index (χ2n) is 3.59. The third-order valence-electron chi connectivity index (χ3n) is 2.50. The fraction of sp³-hybridized carbons (Fsp3) is 1.00. The quantitative estimate of drug-likeness (QED) is 0.693. The minimum Gasteiger partial charge on any atom is -0.377 e. The predicted molar refractivity (Wildman–Crippen MR) is 63.8 cm³/mol. The van der Waals surface area contributed by atoms with Crippen molar-refractivity contribution in [2.24, 2.45) is 0 Å². The van der Waals surface area contributed by atoms with Crippen molar-refractivity contribution in [3.63, 3.8) is 0 Å². The molecule has 1 aliphatic heterocycles. The summed E-state index contributed by atoms with van der Waals surface area (Å²) in [5.41, 5.74) is 0. The van der Waals surface area contributed by atoms with E-state index in [9.17, 15) is 8.42 Å². The average molecular weight is 300 g/mol. The first-order chi connectivity index (χ1) is 7.10. The zero-order chi connectivity index (χ0) is 11.3. The highest BCUT2D eigenvalue weighted by atomic mass is 79.9. The van der Waals surface area contributed by atoms with E-state index in [0.717, 1.165) is 12.8 Å². The van der Waals surface area contributed by atoms with Crippen LogP contribution in [0.15, 0.2) is 0 Å². The topological polar surface area (TPSA) is 46.6 Å². The molecule has 0 amide bonds. The molecule has 0 aromatic rings. The van der Waals surface area contributed by atoms with Crippen molar-refractivity contribution in [1.29, 1.82) is 0 Å². The Morgan fingerprint density at radius 2 is 2.27 bits per heavy atom. The van der Waals surface area contributed by atoms with E-state index in [0.29, 0.717) is 25.0 Å². The normalized spacial score (nSPS) is 22.5. The molecule has 0 aliphatic carbocycles. The SMILES string of the molecule is CCN(CCBr)S(=O)(=O)CC1CCCO1. The molecule has 0 aromatic carbocycles. The van der Waals surface area contributed by atoms with Crippen LogP contribution in [0.5, 0.6) is 0 Å². The molecule has 1 unspecified atom stereocenters. The van der Waals surface area contributed by atoms with Crippen LogP contribution >= 0.6 is 15.9 Å². The van der Waals surface area contributed by atoms with E-state index in [1.807, 2.05) is 6.92 Å². The lowest BCUT2D eigenvalue weighted by Gasteiger charge is -2.21. The van der Waals surface area contributed by atoms with Crippen LogP contribution in [0.1, 0.15) is 19.8 Å². The zero-order valence-electron chi connectivity index (χ0n) is 8.99. The van der Waals surface area contributed by atoms with E-state index in [2.05, 4.69) is 15.9 Å². The van der Waals surface area contributed by atoms with Gasteiger partial charge in [0.1, 0.15) is 0 Å². The molecule has 0 aromatic heterocycles. The number of ether oxygens (including phenoxy) is 1. The van der Waals surface area contributed by atoms with Crippen molar-refractivity contribution in [3.8, 4) is 0 Å². The van der Waals surface area contributed by atoms with Crippen molar-refractivity contribution >= 4 is 26.0 Å². The van der Waals surface area contributed by atoms with Gasteiger partial charge in [0.25, 0.3) is 0 Å². The first-order valence-corrected chi connectivity index (χ1v) is 7.98. The summed E-state index contributed by atoms with van der Waals surface area (Å²) in [6.07, 6.45) is 1.75. The molecule has 1 saturated heterocycles. The second kappa shape index (κ2) is 6.18. The molecule has 6 heteroatoms. The van der Waals surface area contributed by atoms with Gasteiger partial charge in [0.05, 0.1) is 11.9 Å². The molecule has 0 bridgehead atoms. The van der Waals surface area contributed by atoms with Crippen LogP contribution in [0.4, 0.5) is 0 Å². The Hall–Kier alpha value is 0.350. The van der Waals surface area contributed by atoms with Crippen molar-refractivity contribution in [2.75, 3.05) is 30.8 Å². The molecular weight excluding hydrogens is 282 g/mol. The molecule has 15 heavy (non-hydrogen) atoms. The van der Waals surface area contributed by atoms with E-state index in [1.54, 1.807) is 0 Å². The third-order valence-corrected chi connectivity index (χ3v) is 4.88. The van der Waals surface area contributed by atoms with Gasteiger partial charge in [0, 0.05) is 25.0 Å². The number of hydrogen-bond acceptors (Lipinski definition) is 3. The van der Waals surface area contributed by atoms with Crippen LogP contribution in [0.2, 0.25) is 0 Å². The molecule has 0 N–H and O–H groups in total. The van der Waals surface area contributed by atoms with Gasteiger partial charge >= 0.3 is 0 Å². The van der Waals surface area contributed by atoms with Crippen molar-refractivity contribution in [3.05, 3.63) is 0 Å². The lowest BCUT2D eigenvalue weighted by atomic mass is 10.3. The zero-order valence-corrected chi connectivity index (χ0v) is 11.4. The Morgan fingerprint density at radius 1 is 1.53 bits per heavy atom. The average Bonchev–Trinajstić information content (AvgIpc) is 2.65. The third kappa shape index (κ3) is 4.01. The van der Waals surface area contributed by atoms with E-state index >= 15 is 0 Å². The first kappa shape index (κ1) is 13.4. The summed E-state index contributed by atoms with van der Waals surface area (Å²) in [4.78, 5) is 0. The van der Waals surface area contributed by atoms with Crippen molar-refractivity contribution < 1.29 is 13.2 Å². The van der Waals surface area contributed by atoms with Gasteiger partial charge in [-0.05, 0) is 12.8 Å². The number of hydrogen-bond donors (Lipinski definition) is 0. The molecule has 1 atom stereocenters. The van der Waals surface area contributed by atoms with Gasteiger partial charge in [-0.25, -0.2) is 12.7 Å². The standard InChI is InChI=1S/C9H18BrNO3S/c1-2-11(6-5-10)15(12,13)8-9-4-3-7-14-9/h9H,2-8H2,1H3. The molecule has 90 valence electrons. The summed E-state index contributed by atoms with van der Waals surface area (Å²) < 4.78 is 30.7. The van der Waals surface area contributed by atoms with Gasteiger partial charge < -0.3 is 4.74 Å². The Kier molecular flexibility index (Phi) is 5.52. The molecule has 1 fully saturated rings. The van der Waals surface area contributed by atoms with Gasteiger partial charge in [-0.15, -0.1) is 0 Å². The molecule has 0 radical (unpaired) electrons. The van der Waals surface area contributed by atoms with E-state index in [-0.39, 0.29) is 11.9 Å². The number of rotatable bonds is 6. The smallest absolute Gasteiger partial charge is 0.216 e. The van der Waals surface area contributed by atoms with Gasteiger partial charge in [-0.3, -0.25) is 0 Å². The van der Waals surface area contributed by atoms with E-state index in [1.165, 1.54) is 4.31 Å². The number of nitrogens with zero attached hydrogens (tertiary/aromatic N) is 1. The highest BCUT2D eigenvalue weighted by molar-refractivity contribution is 9.09. The fourth-order valence-electron chi connectivity index (χ4n) is 1.70. The van der Waals surface area contributed by atoms with Crippen LogP contribution in [-0.4, -0.2) is 49.6 Å². The predicted octanol–water partition coefficient (Wildman–Crippen LogP) is 1.21. The highest BCUT2D eigenvalue weighted by Gasteiger charge is 2.27. The number of halogens is 1. The van der Waals surface area contributed by atoms with Crippen molar-refractivity contribution in [2.45, 2.75) is 25.9 Å². The molecule has 4 nitrogen and oxygen atoms in total. The monoisotopic (exact) mass is 299 g/mol. The second-order valence-corrected chi connectivity index (χ2v) is 6.40. The van der Waals surface area contributed by atoms with Gasteiger partial charge in [-0.1, -0.05) is 22.9 Å². The summed E-state index contributed by atoms with van der Waals surface area (Å²) in [6, 6.07) is 0.